The number of hydrogen-bond acceptors (Lipinski definition) is 6. The second kappa shape index (κ2) is 11.1. The Kier molecular flexibility index (Phi) is 7.93. The zero-order chi connectivity index (χ0) is 31.2. The summed E-state index contributed by atoms with van der Waals surface area (Å²) in [5.74, 6) is -0.791. The van der Waals surface area contributed by atoms with E-state index in [1.165, 1.54) is 16.4 Å². The van der Waals surface area contributed by atoms with Crippen LogP contribution in [-0.2, 0) is 25.8 Å². The molecule has 2 aliphatic heterocycles. The number of benzene rings is 2. The fourth-order valence-corrected chi connectivity index (χ4v) is 7.36. The van der Waals surface area contributed by atoms with Gasteiger partial charge in [0.15, 0.2) is 0 Å². The number of amides is 2. The molecule has 0 unspecified atom stereocenters. The Hall–Kier alpha value is -3.71. The maximum atomic E-state index is 13.2. The third kappa shape index (κ3) is 6.05. The molecule has 2 amide bonds. The summed E-state index contributed by atoms with van der Waals surface area (Å²) in [7, 11) is -3.85. The summed E-state index contributed by atoms with van der Waals surface area (Å²) in [5, 5.41) is 7.05. The number of alkyl halides is 3. The van der Waals surface area contributed by atoms with Crippen LogP contribution in [0.25, 0.3) is 6.08 Å². The molecule has 2 heterocycles. The monoisotopic (exact) mass is 617 g/mol. The molecule has 1 saturated heterocycles. The number of hydrogen-bond donors (Lipinski definition) is 3. The molecule has 1 aliphatic carbocycles. The number of carbonyl (C=O) groups excluding carboxylic acids is 2. The maximum absolute atomic E-state index is 13.2. The zero-order valence-corrected chi connectivity index (χ0v) is 24.7. The maximum Gasteiger partial charge on any atom is 0.416 e. The summed E-state index contributed by atoms with van der Waals surface area (Å²) in [6, 6.07) is 8.29. The number of rotatable bonds is 7. The molecule has 2 aromatic rings. The summed E-state index contributed by atoms with van der Waals surface area (Å²) in [4.78, 5) is 29.5. The molecular weight excluding hydrogens is 583 g/mol. The van der Waals surface area contributed by atoms with Gasteiger partial charge in [0.1, 0.15) is 16.9 Å². The third-order valence-electron chi connectivity index (χ3n) is 8.67. The standard InChI is InChI=1S/C30H34F3N5O4S/c1-19-16-23(36-28(26(34)39)9-3-4-10-28)17-20(2)24(19)8-15-43(41,42)38-13-11-29(12-14-38)27(40)35-25(37-29)21-6-5-7-22(18-21)30(31,32)33/h5-8,15-18,36H,3-4,9-14H2,1-2H3,(H2,34,39)(H,35,37,40)/b15-8+. The summed E-state index contributed by atoms with van der Waals surface area (Å²) in [6.07, 6.45) is 0.343. The average Bonchev–Trinajstić information content (AvgIpc) is 3.53. The molecule has 5 rings (SSSR count). The molecule has 0 aromatic heterocycles. The molecule has 9 nitrogen and oxygen atoms in total. The van der Waals surface area contributed by atoms with Crippen LogP contribution in [0, 0.1) is 13.8 Å². The van der Waals surface area contributed by atoms with Gasteiger partial charge in [0, 0.05) is 29.7 Å². The number of amidine groups is 1. The van der Waals surface area contributed by atoms with Crippen molar-refractivity contribution >= 4 is 39.4 Å². The van der Waals surface area contributed by atoms with E-state index >= 15 is 0 Å². The van der Waals surface area contributed by atoms with Crippen LogP contribution >= 0.6 is 0 Å². The summed E-state index contributed by atoms with van der Waals surface area (Å²) in [6.45, 7) is 3.77. The molecule has 4 N–H and O–H groups in total. The van der Waals surface area contributed by atoms with Gasteiger partial charge in [0.25, 0.3) is 5.91 Å². The number of carbonyl (C=O) groups is 2. The van der Waals surface area contributed by atoms with Crippen molar-refractivity contribution in [2.24, 2.45) is 10.7 Å². The number of sulfonamides is 1. The number of piperidine rings is 1. The largest absolute Gasteiger partial charge is 0.416 e. The van der Waals surface area contributed by atoms with Crippen LogP contribution in [0.4, 0.5) is 18.9 Å². The van der Waals surface area contributed by atoms with Crippen LogP contribution in [0.1, 0.15) is 66.3 Å². The Labute approximate surface area is 248 Å². The molecule has 1 spiro atoms. The molecule has 13 heteroatoms. The first-order valence-corrected chi connectivity index (χ1v) is 15.6. The van der Waals surface area contributed by atoms with Crippen LogP contribution in [0.2, 0.25) is 0 Å². The molecule has 3 aliphatic rings. The van der Waals surface area contributed by atoms with Crippen LogP contribution in [-0.4, -0.2) is 54.5 Å². The first-order valence-electron chi connectivity index (χ1n) is 14.1. The average molecular weight is 618 g/mol. The van der Waals surface area contributed by atoms with E-state index in [1.54, 1.807) is 6.08 Å². The van der Waals surface area contributed by atoms with Crippen molar-refractivity contribution in [1.82, 2.24) is 9.62 Å². The lowest BCUT2D eigenvalue weighted by Crippen LogP contribution is -2.50. The van der Waals surface area contributed by atoms with Crippen molar-refractivity contribution < 1.29 is 31.2 Å². The number of aryl methyl sites for hydroxylation is 2. The molecule has 43 heavy (non-hydrogen) atoms. The highest BCUT2D eigenvalue weighted by molar-refractivity contribution is 7.92. The van der Waals surface area contributed by atoms with E-state index in [9.17, 15) is 31.2 Å². The fraction of sp³-hybridized carbons (Fsp3) is 0.433. The first-order chi connectivity index (χ1) is 20.1. The number of nitrogens with two attached hydrogens (primary N) is 1. The highest BCUT2D eigenvalue weighted by Gasteiger charge is 2.47. The Morgan fingerprint density at radius 1 is 1.07 bits per heavy atom. The Morgan fingerprint density at radius 2 is 1.70 bits per heavy atom. The number of primary amides is 1. The highest BCUT2D eigenvalue weighted by Crippen LogP contribution is 2.36. The SMILES string of the molecule is Cc1cc(NC2(C(N)=O)CCCC2)cc(C)c1/C=C/S(=O)(=O)N1CCC2(CC1)N=C(c1cccc(C(F)(F)F)c1)NC2=O. The molecule has 2 aromatic carbocycles. The lowest BCUT2D eigenvalue weighted by atomic mass is 9.89. The minimum atomic E-state index is -4.54. The molecular formula is C30H34F3N5O4S. The van der Waals surface area contributed by atoms with Gasteiger partial charge in [-0.05, 0) is 86.6 Å². The van der Waals surface area contributed by atoms with E-state index in [1.807, 2.05) is 26.0 Å². The van der Waals surface area contributed by atoms with Gasteiger partial charge >= 0.3 is 6.18 Å². The first kappa shape index (κ1) is 30.7. The molecule has 2 fully saturated rings. The van der Waals surface area contributed by atoms with E-state index in [4.69, 9.17) is 5.73 Å². The Morgan fingerprint density at radius 3 is 2.28 bits per heavy atom. The predicted molar refractivity (Wildman–Crippen MR) is 158 cm³/mol. The van der Waals surface area contributed by atoms with Crippen molar-refractivity contribution in [3.8, 4) is 0 Å². The Balaban J connectivity index is 1.28. The highest BCUT2D eigenvalue weighted by atomic mass is 32.2. The molecule has 0 atom stereocenters. The minimum Gasteiger partial charge on any atom is -0.371 e. The van der Waals surface area contributed by atoms with E-state index in [0.717, 1.165) is 52.8 Å². The van der Waals surface area contributed by atoms with Crippen molar-refractivity contribution in [1.29, 1.82) is 0 Å². The van der Waals surface area contributed by atoms with E-state index in [2.05, 4.69) is 15.6 Å². The van der Waals surface area contributed by atoms with Crippen LogP contribution in [0.3, 0.4) is 0 Å². The van der Waals surface area contributed by atoms with Crippen molar-refractivity contribution in [3.05, 3.63) is 69.6 Å². The normalized spacial score (nSPS) is 20.4. The van der Waals surface area contributed by atoms with Crippen LogP contribution in [0.5, 0.6) is 0 Å². The fourth-order valence-electron chi connectivity index (χ4n) is 6.18. The smallest absolute Gasteiger partial charge is 0.371 e. The number of nitrogens with one attached hydrogen (secondary N) is 2. The van der Waals surface area contributed by atoms with Gasteiger partial charge in [-0.15, -0.1) is 0 Å². The van der Waals surface area contributed by atoms with Crippen molar-refractivity contribution in [3.63, 3.8) is 0 Å². The van der Waals surface area contributed by atoms with Crippen molar-refractivity contribution in [2.45, 2.75) is 69.6 Å². The Bertz CT molecular complexity index is 1600. The van der Waals surface area contributed by atoms with Gasteiger partial charge in [-0.3, -0.25) is 14.6 Å². The van der Waals surface area contributed by atoms with Gasteiger partial charge < -0.3 is 16.4 Å². The quantitative estimate of drug-likeness (QED) is 0.427. The number of nitrogens with zero attached hydrogens (tertiary/aromatic N) is 2. The van der Waals surface area contributed by atoms with Crippen LogP contribution in [0.15, 0.2) is 46.8 Å². The van der Waals surface area contributed by atoms with Gasteiger partial charge in [-0.1, -0.05) is 25.0 Å². The number of anilines is 1. The second-order valence-electron chi connectivity index (χ2n) is 11.6. The van der Waals surface area contributed by atoms with Crippen LogP contribution < -0.4 is 16.4 Å². The number of halogens is 3. The van der Waals surface area contributed by atoms with E-state index in [-0.39, 0.29) is 43.2 Å². The van der Waals surface area contributed by atoms with Crippen molar-refractivity contribution in [2.75, 3.05) is 18.4 Å². The lowest BCUT2D eigenvalue weighted by Gasteiger charge is -2.34. The lowest BCUT2D eigenvalue weighted by molar-refractivity contribution is -0.137. The topological polar surface area (TPSA) is 134 Å². The minimum absolute atomic E-state index is 0.0233. The van der Waals surface area contributed by atoms with Gasteiger partial charge in [-0.2, -0.15) is 17.5 Å². The summed E-state index contributed by atoms with van der Waals surface area (Å²) in [5.41, 5.74) is 6.09. The molecule has 0 bridgehead atoms. The summed E-state index contributed by atoms with van der Waals surface area (Å²) >= 11 is 0. The van der Waals surface area contributed by atoms with Gasteiger partial charge in [0.05, 0.1) is 5.56 Å². The zero-order valence-electron chi connectivity index (χ0n) is 23.9. The number of aliphatic imine (C=N–C) groups is 1. The van der Waals surface area contributed by atoms with E-state index < -0.39 is 38.7 Å². The third-order valence-corrected chi connectivity index (χ3v) is 10.2. The van der Waals surface area contributed by atoms with Gasteiger partial charge in [-0.25, -0.2) is 8.42 Å². The summed E-state index contributed by atoms with van der Waals surface area (Å²) < 4.78 is 67.2. The molecule has 1 saturated carbocycles. The molecule has 0 radical (unpaired) electrons. The molecule has 230 valence electrons. The van der Waals surface area contributed by atoms with E-state index in [0.29, 0.717) is 12.8 Å². The van der Waals surface area contributed by atoms with Gasteiger partial charge in [0.2, 0.25) is 15.9 Å². The predicted octanol–water partition coefficient (Wildman–Crippen LogP) is 4.24. The second-order valence-corrected chi connectivity index (χ2v) is 13.4.